The molecule has 23 heavy (non-hydrogen) atoms. The summed E-state index contributed by atoms with van der Waals surface area (Å²) >= 11 is 0. The average molecular weight is 309 g/mol. The highest BCUT2D eigenvalue weighted by atomic mass is 16.3. The number of benzene rings is 2. The maximum absolute atomic E-state index is 10.6. The number of aliphatic hydroxyl groups is 1. The molecule has 0 heterocycles. The Morgan fingerprint density at radius 2 is 1.83 bits per heavy atom. The van der Waals surface area contributed by atoms with E-state index in [1.54, 1.807) is 0 Å². The van der Waals surface area contributed by atoms with Gasteiger partial charge in [-0.3, -0.25) is 4.79 Å². The van der Waals surface area contributed by atoms with E-state index in [4.69, 9.17) is 0 Å². The molecule has 3 unspecified atom stereocenters. The van der Waals surface area contributed by atoms with Gasteiger partial charge in [-0.2, -0.15) is 0 Å². The van der Waals surface area contributed by atoms with Crippen LogP contribution in [0.1, 0.15) is 36.5 Å². The Hall–Kier alpha value is -2.13. The Balaban J connectivity index is 1.56. The molecule has 0 aliphatic heterocycles. The molecule has 0 saturated heterocycles. The van der Waals surface area contributed by atoms with Crippen LogP contribution in [0.5, 0.6) is 0 Å². The van der Waals surface area contributed by atoms with E-state index in [1.165, 1.54) is 12.0 Å². The van der Waals surface area contributed by atoms with Gasteiger partial charge in [0.25, 0.3) is 0 Å². The Bertz CT molecular complexity index is 624. The van der Waals surface area contributed by atoms with Crippen LogP contribution in [-0.2, 0) is 11.2 Å². The average Bonchev–Trinajstić information content (AvgIpc) is 3.05. The van der Waals surface area contributed by atoms with Crippen molar-refractivity contribution in [2.24, 2.45) is 11.8 Å². The first-order valence-corrected chi connectivity index (χ1v) is 8.28. The van der Waals surface area contributed by atoms with E-state index < -0.39 is 0 Å². The molecule has 2 aromatic carbocycles. The van der Waals surface area contributed by atoms with Crippen molar-refractivity contribution in [3.8, 4) is 0 Å². The molecule has 3 rings (SSSR count). The van der Waals surface area contributed by atoms with Crippen molar-refractivity contribution < 1.29 is 9.90 Å². The van der Waals surface area contributed by atoms with Crippen LogP contribution in [0.3, 0.4) is 0 Å². The Morgan fingerprint density at radius 3 is 2.52 bits per heavy atom. The quantitative estimate of drug-likeness (QED) is 0.794. The summed E-state index contributed by atoms with van der Waals surface area (Å²) in [6, 6.07) is 18.0. The topological polar surface area (TPSA) is 49.3 Å². The number of nitrogens with one attached hydrogen (secondary N) is 1. The van der Waals surface area contributed by atoms with E-state index in [9.17, 15) is 9.90 Å². The van der Waals surface area contributed by atoms with Gasteiger partial charge in [0, 0.05) is 5.69 Å². The molecule has 1 aliphatic carbocycles. The molecule has 1 amide bonds. The van der Waals surface area contributed by atoms with Crippen molar-refractivity contribution in [3.63, 3.8) is 0 Å². The summed E-state index contributed by atoms with van der Waals surface area (Å²) in [5, 5.41) is 13.2. The number of aliphatic hydroxyl groups excluding tert-OH is 1. The molecular formula is C20H23NO2. The Morgan fingerprint density at radius 1 is 1.09 bits per heavy atom. The number of carbonyl (C=O) groups is 1. The monoisotopic (exact) mass is 309 g/mol. The zero-order chi connectivity index (χ0) is 16.1. The molecular weight excluding hydrogens is 286 g/mol. The molecule has 3 nitrogen and oxygen atoms in total. The van der Waals surface area contributed by atoms with E-state index in [-0.39, 0.29) is 6.10 Å². The summed E-state index contributed by atoms with van der Waals surface area (Å²) in [5.74, 6) is 0.988. The number of anilines is 1. The highest BCUT2D eigenvalue weighted by Crippen LogP contribution is 2.40. The zero-order valence-corrected chi connectivity index (χ0v) is 13.2. The summed E-state index contributed by atoms with van der Waals surface area (Å²) < 4.78 is 0. The van der Waals surface area contributed by atoms with Gasteiger partial charge in [0.1, 0.15) is 0 Å². The summed E-state index contributed by atoms with van der Waals surface area (Å²) in [5.41, 5.74) is 3.15. The lowest BCUT2D eigenvalue weighted by Crippen LogP contribution is -2.10. The predicted octanol–water partition coefficient (Wildman–Crippen LogP) is 3.95. The van der Waals surface area contributed by atoms with Gasteiger partial charge in [0.05, 0.1) is 6.10 Å². The number of hydrogen-bond acceptors (Lipinski definition) is 2. The van der Waals surface area contributed by atoms with Gasteiger partial charge in [0.15, 0.2) is 0 Å². The fourth-order valence-electron chi connectivity index (χ4n) is 3.65. The van der Waals surface area contributed by atoms with Gasteiger partial charge >= 0.3 is 0 Å². The minimum absolute atomic E-state index is 0.347. The normalized spacial score (nSPS) is 21.8. The lowest BCUT2D eigenvalue weighted by molar-refractivity contribution is -0.105. The first-order chi connectivity index (χ1) is 11.3. The summed E-state index contributed by atoms with van der Waals surface area (Å²) in [6.45, 7) is 0. The van der Waals surface area contributed by atoms with Crippen LogP contribution >= 0.6 is 0 Å². The standard InChI is InChI=1S/C20H23NO2/c22-14-21-19-10-7-15(8-11-19)12-16-6-9-18(13-16)20(23)17-4-2-1-3-5-17/h1-5,7-8,10-11,14,16,18,20,23H,6,9,12-13H2,(H,21,22). The third kappa shape index (κ3) is 3.99. The molecule has 1 saturated carbocycles. The minimum Gasteiger partial charge on any atom is -0.388 e. The van der Waals surface area contributed by atoms with Gasteiger partial charge in [-0.15, -0.1) is 0 Å². The van der Waals surface area contributed by atoms with Gasteiger partial charge in [0.2, 0.25) is 6.41 Å². The van der Waals surface area contributed by atoms with Crippen LogP contribution in [0.4, 0.5) is 5.69 Å². The molecule has 1 fully saturated rings. The van der Waals surface area contributed by atoms with Gasteiger partial charge in [-0.1, -0.05) is 42.5 Å². The first-order valence-electron chi connectivity index (χ1n) is 8.28. The third-order valence-corrected chi connectivity index (χ3v) is 4.87. The van der Waals surface area contributed by atoms with Crippen molar-refractivity contribution in [2.45, 2.75) is 31.8 Å². The summed E-state index contributed by atoms with van der Waals surface area (Å²) in [7, 11) is 0. The second-order valence-corrected chi connectivity index (χ2v) is 6.46. The third-order valence-electron chi connectivity index (χ3n) is 4.87. The number of carbonyl (C=O) groups excluding carboxylic acids is 1. The van der Waals surface area contributed by atoms with Crippen LogP contribution in [0.15, 0.2) is 54.6 Å². The van der Waals surface area contributed by atoms with Crippen molar-refractivity contribution in [3.05, 3.63) is 65.7 Å². The van der Waals surface area contributed by atoms with Crippen LogP contribution < -0.4 is 5.32 Å². The first kappa shape index (κ1) is 15.8. The van der Waals surface area contributed by atoms with Crippen LogP contribution in [0, 0.1) is 11.8 Å². The second kappa shape index (κ2) is 7.42. The Kier molecular flexibility index (Phi) is 5.09. The SMILES string of the molecule is O=CNc1ccc(CC2CCC(C(O)c3ccccc3)C2)cc1. The van der Waals surface area contributed by atoms with E-state index in [1.807, 2.05) is 42.5 Å². The Labute approximate surface area is 137 Å². The molecule has 1 aliphatic rings. The number of hydrogen-bond donors (Lipinski definition) is 2. The molecule has 0 spiro atoms. The van der Waals surface area contributed by atoms with Crippen LogP contribution in [0.2, 0.25) is 0 Å². The lowest BCUT2D eigenvalue weighted by Gasteiger charge is -2.19. The lowest BCUT2D eigenvalue weighted by atomic mass is 9.91. The highest BCUT2D eigenvalue weighted by molar-refractivity contribution is 5.71. The number of amides is 1. The molecule has 120 valence electrons. The van der Waals surface area contributed by atoms with E-state index in [0.29, 0.717) is 18.2 Å². The highest BCUT2D eigenvalue weighted by Gasteiger charge is 2.30. The molecule has 2 aromatic rings. The van der Waals surface area contributed by atoms with E-state index in [2.05, 4.69) is 17.4 Å². The summed E-state index contributed by atoms with van der Waals surface area (Å²) in [6.07, 6.45) is 4.72. The maximum Gasteiger partial charge on any atom is 0.211 e. The fourth-order valence-corrected chi connectivity index (χ4v) is 3.65. The number of rotatable bonds is 6. The molecule has 2 N–H and O–H groups in total. The van der Waals surface area contributed by atoms with Crippen molar-refractivity contribution in [1.82, 2.24) is 0 Å². The van der Waals surface area contributed by atoms with Gasteiger partial charge in [-0.25, -0.2) is 0 Å². The second-order valence-electron chi connectivity index (χ2n) is 6.46. The molecule has 0 aromatic heterocycles. The van der Waals surface area contributed by atoms with E-state index >= 15 is 0 Å². The van der Waals surface area contributed by atoms with E-state index in [0.717, 1.165) is 30.5 Å². The molecule has 0 bridgehead atoms. The molecule has 0 radical (unpaired) electrons. The maximum atomic E-state index is 10.6. The van der Waals surface area contributed by atoms with Crippen LogP contribution in [-0.4, -0.2) is 11.5 Å². The molecule has 3 heteroatoms. The van der Waals surface area contributed by atoms with Crippen molar-refractivity contribution >= 4 is 12.1 Å². The smallest absolute Gasteiger partial charge is 0.211 e. The largest absolute Gasteiger partial charge is 0.388 e. The predicted molar refractivity (Wildman–Crippen MR) is 92.1 cm³/mol. The van der Waals surface area contributed by atoms with Crippen molar-refractivity contribution in [1.29, 1.82) is 0 Å². The summed E-state index contributed by atoms with van der Waals surface area (Å²) in [4.78, 5) is 10.4. The van der Waals surface area contributed by atoms with Crippen LogP contribution in [0.25, 0.3) is 0 Å². The minimum atomic E-state index is -0.347. The van der Waals surface area contributed by atoms with Gasteiger partial charge in [-0.05, 0) is 60.8 Å². The molecule has 3 atom stereocenters. The van der Waals surface area contributed by atoms with Gasteiger partial charge < -0.3 is 10.4 Å². The van der Waals surface area contributed by atoms with Crippen molar-refractivity contribution in [2.75, 3.05) is 5.32 Å². The zero-order valence-electron chi connectivity index (χ0n) is 13.2. The fraction of sp³-hybridized carbons (Fsp3) is 0.350.